The Morgan fingerprint density at radius 3 is 2.75 bits per heavy atom. The van der Waals surface area contributed by atoms with Gasteiger partial charge in [0.25, 0.3) is 5.91 Å². The highest BCUT2D eigenvalue weighted by atomic mass is 35.5. The predicted octanol–water partition coefficient (Wildman–Crippen LogP) is 4.57. The SMILES string of the molecule is Cc1cc(Cl)ccc1OCn1ccc(C(=O)Nc2ncn(Cc3ccc(F)cc3Cl)n2)n1. The lowest BCUT2D eigenvalue weighted by Gasteiger charge is -2.09. The zero-order valence-electron chi connectivity index (χ0n) is 16.8. The normalized spacial score (nSPS) is 10.9. The van der Waals surface area contributed by atoms with Crippen LogP contribution in [0, 0.1) is 12.7 Å². The number of amides is 1. The molecule has 0 aliphatic rings. The third kappa shape index (κ3) is 5.24. The molecule has 4 aromatic rings. The zero-order valence-corrected chi connectivity index (χ0v) is 18.3. The first-order valence-electron chi connectivity index (χ1n) is 9.44. The van der Waals surface area contributed by atoms with E-state index in [1.165, 1.54) is 27.8 Å². The van der Waals surface area contributed by atoms with E-state index in [9.17, 15) is 9.18 Å². The first-order chi connectivity index (χ1) is 15.4. The van der Waals surface area contributed by atoms with Crippen LogP contribution < -0.4 is 10.1 Å². The largest absolute Gasteiger partial charge is 0.471 e. The number of hydrogen-bond acceptors (Lipinski definition) is 5. The summed E-state index contributed by atoms with van der Waals surface area (Å²) in [5, 5.41) is 11.9. The van der Waals surface area contributed by atoms with Crippen molar-refractivity contribution in [3.8, 4) is 5.75 Å². The quantitative estimate of drug-likeness (QED) is 0.424. The van der Waals surface area contributed by atoms with Gasteiger partial charge >= 0.3 is 0 Å². The number of benzene rings is 2. The van der Waals surface area contributed by atoms with Crippen molar-refractivity contribution in [2.75, 3.05) is 5.32 Å². The summed E-state index contributed by atoms with van der Waals surface area (Å²) in [6.45, 7) is 2.29. The van der Waals surface area contributed by atoms with Crippen LogP contribution in [0.25, 0.3) is 0 Å². The van der Waals surface area contributed by atoms with Crippen LogP contribution in [0.15, 0.2) is 55.0 Å². The number of carbonyl (C=O) groups is 1. The minimum Gasteiger partial charge on any atom is -0.471 e. The Morgan fingerprint density at radius 1 is 1.12 bits per heavy atom. The summed E-state index contributed by atoms with van der Waals surface area (Å²) in [6, 6.07) is 11.0. The van der Waals surface area contributed by atoms with E-state index in [0.29, 0.717) is 16.3 Å². The summed E-state index contributed by atoms with van der Waals surface area (Å²) in [7, 11) is 0. The van der Waals surface area contributed by atoms with Crippen LogP contribution in [0.1, 0.15) is 21.6 Å². The van der Waals surface area contributed by atoms with Gasteiger partial charge in [0.2, 0.25) is 5.95 Å². The Morgan fingerprint density at radius 2 is 1.97 bits per heavy atom. The summed E-state index contributed by atoms with van der Waals surface area (Å²) in [5.74, 6) is -0.106. The van der Waals surface area contributed by atoms with Crippen LogP contribution >= 0.6 is 23.2 Å². The van der Waals surface area contributed by atoms with Crippen LogP contribution in [0.2, 0.25) is 10.0 Å². The highest BCUT2D eigenvalue weighted by Crippen LogP contribution is 2.22. The van der Waals surface area contributed by atoms with Gasteiger partial charge in [0.05, 0.1) is 6.54 Å². The Kier molecular flexibility index (Phi) is 6.38. The molecule has 0 unspecified atom stereocenters. The molecule has 0 atom stereocenters. The molecule has 32 heavy (non-hydrogen) atoms. The molecule has 1 N–H and O–H groups in total. The van der Waals surface area contributed by atoms with Gasteiger partial charge < -0.3 is 4.74 Å². The number of aromatic nitrogens is 5. The summed E-state index contributed by atoms with van der Waals surface area (Å²) in [5.41, 5.74) is 1.75. The molecule has 0 aliphatic heterocycles. The molecule has 2 aromatic heterocycles. The number of aryl methyl sites for hydroxylation is 1. The molecule has 0 saturated carbocycles. The van der Waals surface area contributed by atoms with Crippen LogP contribution in [-0.2, 0) is 13.3 Å². The van der Waals surface area contributed by atoms with Crippen molar-refractivity contribution < 1.29 is 13.9 Å². The monoisotopic (exact) mass is 474 g/mol. The smallest absolute Gasteiger partial charge is 0.278 e. The first kappa shape index (κ1) is 21.8. The van der Waals surface area contributed by atoms with Crippen LogP contribution in [0.5, 0.6) is 5.75 Å². The molecule has 0 radical (unpaired) electrons. The van der Waals surface area contributed by atoms with E-state index in [4.69, 9.17) is 27.9 Å². The van der Waals surface area contributed by atoms with Gasteiger partial charge in [-0.3, -0.25) is 10.1 Å². The summed E-state index contributed by atoms with van der Waals surface area (Å²) in [6.07, 6.45) is 3.07. The van der Waals surface area contributed by atoms with Crippen molar-refractivity contribution in [3.63, 3.8) is 0 Å². The fourth-order valence-corrected chi connectivity index (χ4v) is 3.34. The van der Waals surface area contributed by atoms with E-state index in [0.717, 1.165) is 5.56 Å². The predicted molar refractivity (Wildman–Crippen MR) is 118 cm³/mol. The lowest BCUT2D eigenvalue weighted by Crippen LogP contribution is -2.15. The molecule has 11 heteroatoms. The molecule has 2 aromatic carbocycles. The molecule has 0 fully saturated rings. The van der Waals surface area contributed by atoms with E-state index in [-0.39, 0.29) is 29.9 Å². The number of carbonyl (C=O) groups excluding carboxylic acids is 1. The molecule has 0 aliphatic carbocycles. The molecule has 0 bridgehead atoms. The number of halogens is 3. The van der Waals surface area contributed by atoms with Crippen molar-refractivity contribution in [1.82, 2.24) is 24.5 Å². The van der Waals surface area contributed by atoms with Crippen molar-refractivity contribution in [3.05, 3.63) is 87.7 Å². The van der Waals surface area contributed by atoms with Crippen LogP contribution in [-0.4, -0.2) is 30.5 Å². The van der Waals surface area contributed by atoms with E-state index in [2.05, 4.69) is 20.5 Å². The Balaban J connectivity index is 1.35. The summed E-state index contributed by atoms with van der Waals surface area (Å²) in [4.78, 5) is 16.5. The van der Waals surface area contributed by atoms with E-state index in [1.54, 1.807) is 36.5 Å². The van der Waals surface area contributed by atoms with Gasteiger partial charge in [-0.25, -0.2) is 18.7 Å². The van der Waals surface area contributed by atoms with Crippen molar-refractivity contribution >= 4 is 35.1 Å². The maximum absolute atomic E-state index is 13.2. The fourth-order valence-electron chi connectivity index (χ4n) is 2.88. The fraction of sp³-hybridized carbons (Fsp3) is 0.143. The van der Waals surface area contributed by atoms with Gasteiger partial charge in [-0.1, -0.05) is 29.3 Å². The molecule has 0 spiro atoms. The minimum atomic E-state index is -0.469. The van der Waals surface area contributed by atoms with Gasteiger partial charge in [0.1, 0.15) is 17.9 Å². The second-order valence-corrected chi connectivity index (χ2v) is 7.72. The maximum atomic E-state index is 13.2. The van der Waals surface area contributed by atoms with Gasteiger partial charge in [-0.2, -0.15) is 5.10 Å². The van der Waals surface area contributed by atoms with Gasteiger partial charge in [-0.15, -0.1) is 5.10 Å². The Labute approximate surface area is 192 Å². The third-order valence-electron chi connectivity index (χ3n) is 4.47. The minimum absolute atomic E-state index is 0.107. The number of hydrogen-bond donors (Lipinski definition) is 1. The average molecular weight is 475 g/mol. The van der Waals surface area contributed by atoms with Gasteiger partial charge in [-0.05, 0) is 54.4 Å². The number of nitrogens with zero attached hydrogens (tertiary/aromatic N) is 5. The molecule has 0 saturated heterocycles. The molecule has 164 valence electrons. The van der Waals surface area contributed by atoms with Crippen molar-refractivity contribution in [2.24, 2.45) is 0 Å². The topological polar surface area (TPSA) is 86.9 Å². The molecular formula is C21H17Cl2FN6O2. The van der Waals surface area contributed by atoms with E-state index < -0.39 is 11.7 Å². The first-order valence-corrected chi connectivity index (χ1v) is 10.2. The lowest BCUT2D eigenvalue weighted by molar-refractivity contribution is 0.101. The standard InChI is InChI=1S/C21H17Cl2FN6O2/c1-13-8-15(22)3-5-19(13)32-12-29-7-6-18(27-29)20(31)26-21-25-11-30(28-21)10-14-2-4-16(24)9-17(14)23/h2-9,11H,10,12H2,1H3,(H,26,28,31). The van der Waals surface area contributed by atoms with E-state index in [1.807, 2.05) is 6.92 Å². The molecule has 4 rings (SSSR count). The Bertz CT molecular complexity index is 1270. The Hall–Kier alpha value is -3.43. The molecule has 8 nitrogen and oxygen atoms in total. The highest BCUT2D eigenvalue weighted by Gasteiger charge is 2.13. The molecule has 1 amide bonds. The number of anilines is 1. The second kappa shape index (κ2) is 9.37. The van der Waals surface area contributed by atoms with E-state index >= 15 is 0 Å². The van der Waals surface area contributed by atoms with Gasteiger partial charge in [0, 0.05) is 16.2 Å². The second-order valence-electron chi connectivity index (χ2n) is 6.88. The number of nitrogens with one attached hydrogen (secondary N) is 1. The van der Waals surface area contributed by atoms with Crippen LogP contribution in [0.4, 0.5) is 10.3 Å². The maximum Gasteiger partial charge on any atom is 0.278 e. The van der Waals surface area contributed by atoms with Gasteiger partial charge in [0.15, 0.2) is 12.4 Å². The zero-order chi connectivity index (χ0) is 22.7. The van der Waals surface area contributed by atoms with Crippen LogP contribution in [0.3, 0.4) is 0 Å². The summed E-state index contributed by atoms with van der Waals surface area (Å²) >= 11 is 12.0. The van der Waals surface area contributed by atoms with Crippen molar-refractivity contribution in [2.45, 2.75) is 20.2 Å². The number of rotatable bonds is 7. The molecule has 2 heterocycles. The lowest BCUT2D eigenvalue weighted by atomic mass is 10.2. The summed E-state index contributed by atoms with van der Waals surface area (Å²) < 4.78 is 21.9. The molecular weight excluding hydrogens is 458 g/mol. The number of ether oxygens (including phenoxy) is 1. The third-order valence-corrected chi connectivity index (χ3v) is 5.06. The average Bonchev–Trinajstić information content (AvgIpc) is 3.39. The van der Waals surface area contributed by atoms with Crippen molar-refractivity contribution in [1.29, 1.82) is 0 Å². The highest BCUT2D eigenvalue weighted by molar-refractivity contribution is 6.31.